The van der Waals surface area contributed by atoms with Gasteiger partial charge in [0.2, 0.25) is 0 Å². The second-order valence-corrected chi connectivity index (χ2v) is 10.2. The van der Waals surface area contributed by atoms with Gasteiger partial charge in [-0.1, -0.05) is 36.4 Å². The van der Waals surface area contributed by atoms with Crippen molar-refractivity contribution in [1.29, 1.82) is 0 Å². The maximum absolute atomic E-state index is 13.9. The van der Waals surface area contributed by atoms with E-state index in [-0.39, 0.29) is 84.0 Å². The zero-order valence-corrected chi connectivity index (χ0v) is 24.1. The van der Waals surface area contributed by atoms with E-state index >= 15 is 0 Å². The molecule has 0 aliphatic carbocycles. The lowest BCUT2D eigenvalue weighted by molar-refractivity contribution is -0.138. The largest absolute Gasteiger partial charge is 0.492 e. The molecule has 4 aromatic carbocycles. The second kappa shape index (κ2) is 14.0. The molecule has 4 N–H and O–H groups in total. The zero-order chi connectivity index (χ0) is 33.7. The van der Waals surface area contributed by atoms with Crippen molar-refractivity contribution in [2.75, 3.05) is 26.3 Å². The molecule has 0 spiro atoms. The van der Waals surface area contributed by atoms with Crippen LogP contribution in [0.3, 0.4) is 0 Å². The van der Waals surface area contributed by atoms with Gasteiger partial charge in [-0.25, -0.2) is 0 Å². The molecule has 0 saturated carbocycles. The summed E-state index contributed by atoms with van der Waals surface area (Å²) >= 11 is 0. The van der Waals surface area contributed by atoms with E-state index in [9.17, 15) is 39.5 Å². The van der Waals surface area contributed by atoms with E-state index in [1.54, 1.807) is 0 Å². The van der Waals surface area contributed by atoms with Gasteiger partial charge >= 0.3 is 18.5 Å². The summed E-state index contributed by atoms with van der Waals surface area (Å²) in [6.45, 7) is 0.138. The Labute approximate surface area is 258 Å². The van der Waals surface area contributed by atoms with E-state index in [0.29, 0.717) is 0 Å². The molecule has 0 aliphatic rings. The monoisotopic (exact) mass is 656 g/mol. The maximum Gasteiger partial charge on any atom is 0.416 e. The van der Waals surface area contributed by atoms with Gasteiger partial charge in [0.1, 0.15) is 11.5 Å². The molecule has 0 saturated heterocycles. The summed E-state index contributed by atoms with van der Waals surface area (Å²) in [5.41, 5.74) is 7.83. The van der Waals surface area contributed by atoms with Crippen LogP contribution in [0.25, 0.3) is 33.4 Å². The highest BCUT2D eigenvalue weighted by molar-refractivity contribution is 5.94. The van der Waals surface area contributed by atoms with Gasteiger partial charge in [0.05, 0.1) is 35.5 Å². The Balaban J connectivity index is 2.18. The van der Waals surface area contributed by atoms with Crippen molar-refractivity contribution in [3.8, 4) is 44.9 Å². The molecule has 0 aromatic heterocycles. The number of rotatable bonds is 11. The molecule has 4 aromatic rings. The normalized spacial score (nSPS) is 12.3. The molecule has 4 nitrogen and oxygen atoms in total. The van der Waals surface area contributed by atoms with Gasteiger partial charge in [-0.2, -0.15) is 39.5 Å². The summed E-state index contributed by atoms with van der Waals surface area (Å²) in [5.74, 6) is -0.267. The number of hydrogen-bond donors (Lipinski definition) is 2. The summed E-state index contributed by atoms with van der Waals surface area (Å²) in [5, 5.41) is 0. The third-order valence-electron chi connectivity index (χ3n) is 6.90. The summed E-state index contributed by atoms with van der Waals surface area (Å²) in [6, 6.07) is 13.7. The number of ether oxygens (including phenoxy) is 2. The van der Waals surface area contributed by atoms with Crippen molar-refractivity contribution in [3.05, 3.63) is 95.6 Å². The third kappa shape index (κ3) is 8.13. The van der Waals surface area contributed by atoms with E-state index in [4.69, 9.17) is 20.9 Å². The predicted molar refractivity (Wildman–Crippen MR) is 156 cm³/mol. The van der Waals surface area contributed by atoms with Crippen LogP contribution in [-0.2, 0) is 18.5 Å². The molecule has 0 atom stereocenters. The fourth-order valence-electron chi connectivity index (χ4n) is 4.73. The average molecular weight is 657 g/mol. The van der Waals surface area contributed by atoms with Gasteiger partial charge in [-0.15, -0.1) is 0 Å². The van der Waals surface area contributed by atoms with E-state index in [1.807, 2.05) is 0 Å². The van der Waals surface area contributed by atoms with Crippen LogP contribution < -0.4 is 20.9 Å². The standard InChI is InChI=1S/C33H29F9N2O2/c34-31(35,36)23-9-1-6-20(16-23)26-19-27(21-7-2-10-24(17-21)32(37,38)39)30(46-15-5-13-44)28(29(26)45-14-4-12-43)22-8-3-11-25(18-22)33(40,41)42/h1-3,6-11,16-19H,4-5,12-15,43-44H2. The Kier molecular flexibility index (Phi) is 10.6. The van der Waals surface area contributed by atoms with Gasteiger partial charge in [-0.05, 0) is 85.1 Å². The maximum atomic E-state index is 13.9. The molecular weight excluding hydrogens is 627 g/mol. The van der Waals surface area contributed by atoms with Crippen molar-refractivity contribution >= 4 is 0 Å². The lowest BCUT2D eigenvalue weighted by Crippen LogP contribution is -2.11. The summed E-state index contributed by atoms with van der Waals surface area (Å²) in [6.07, 6.45) is -13.8. The fraction of sp³-hybridized carbons (Fsp3) is 0.273. The Morgan fingerprint density at radius 2 is 0.826 bits per heavy atom. The van der Waals surface area contributed by atoms with Crippen LogP contribution in [0.4, 0.5) is 39.5 Å². The highest BCUT2D eigenvalue weighted by Crippen LogP contribution is 2.52. The number of halogens is 9. The summed E-state index contributed by atoms with van der Waals surface area (Å²) in [7, 11) is 0. The molecule has 46 heavy (non-hydrogen) atoms. The van der Waals surface area contributed by atoms with Crippen molar-refractivity contribution in [2.45, 2.75) is 31.4 Å². The second-order valence-electron chi connectivity index (χ2n) is 10.2. The van der Waals surface area contributed by atoms with Gasteiger partial charge in [0.25, 0.3) is 0 Å². The minimum Gasteiger partial charge on any atom is -0.492 e. The quantitative estimate of drug-likeness (QED) is 0.125. The minimum atomic E-state index is -4.78. The van der Waals surface area contributed by atoms with Crippen LogP contribution in [0.1, 0.15) is 29.5 Å². The van der Waals surface area contributed by atoms with Gasteiger partial charge in [0.15, 0.2) is 0 Å². The van der Waals surface area contributed by atoms with Gasteiger partial charge in [-0.3, -0.25) is 0 Å². The summed E-state index contributed by atoms with van der Waals surface area (Å²) < 4.78 is 136. The Hall–Kier alpha value is -4.23. The SMILES string of the molecule is NCCCOc1c(-c2cccc(C(F)(F)F)c2)cc(-c2cccc(C(F)(F)F)c2)c(OCCCN)c1-c1cccc(C(F)(F)F)c1. The fourth-order valence-corrected chi connectivity index (χ4v) is 4.73. The van der Waals surface area contributed by atoms with Crippen LogP contribution in [0, 0.1) is 0 Å². The van der Waals surface area contributed by atoms with E-state index in [0.717, 1.165) is 54.6 Å². The lowest BCUT2D eigenvalue weighted by Gasteiger charge is -2.24. The van der Waals surface area contributed by atoms with E-state index < -0.39 is 35.2 Å². The molecular formula is C33H29F9N2O2. The van der Waals surface area contributed by atoms with Gasteiger partial charge in [0, 0.05) is 11.1 Å². The van der Waals surface area contributed by atoms with Crippen molar-refractivity contribution in [1.82, 2.24) is 0 Å². The molecule has 0 fully saturated rings. The number of benzene rings is 4. The first-order chi connectivity index (χ1) is 21.6. The van der Waals surface area contributed by atoms with Crippen molar-refractivity contribution in [3.63, 3.8) is 0 Å². The molecule has 0 unspecified atom stereocenters. The molecule has 0 heterocycles. The molecule has 13 heteroatoms. The molecule has 0 amide bonds. The molecule has 246 valence electrons. The smallest absolute Gasteiger partial charge is 0.416 e. The third-order valence-corrected chi connectivity index (χ3v) is 6.90. The first kappa shape index (κ1) is 34.6. The Morgan fingerprint density at radius 1 is 0.478 bits per heavy atom. The average Bonchev–Trinajstić information content (AvgIpc) is 3.00. The van der Waals surface area contributed by atoms with Crippen LogP contribution in [-0.4, -0.2) is 26.3 Å². The number of alkyl halides is 9. The predicted octanol–water partition coefficient (Wildman–Crippen LogP) is 9.20. The van der Waals surface area contributed by atoms with E-state index in [1.165, 1.54) is 24.3 Å². The molecule has 0 radical (unpaired) electrons. The van der Waals surface area contributed by atoms with Crippen LogP contribution >= 0.6 is 0 Å². The van der Waals surface area contributed by atoms with Crippen LogP contribution in [0.5, 0.6) is 11.5 Å². The van der Waals surface area contributed by atoms with Crippen LogP contribution in [0.15, 0.2) is 78.9 Å². The van der Waals surface area contributed by atoms with Crippen molar-refractivity contribution in [2.24, 2.45) is 11.5 Å². The Bertz CT molecular complexity index is 1560. The molecule has 0 aliphatic heterocycles. The zero-order valence-electron chi connectivity index (χ0n) is 24.1. The molecule has 0 bridgehead atoms. The Morgan fingerprint density at radius 3 is 1.17 bits per heavy atom. The number of hydrogen-bond acceptors (Lipinski definition) is 4. The first-order valence-electron chi connectivity index (χ1n) is 14.0. The molecule has 4 rings (SSSR count). The minimum absolute atomic E-state index is 0.0193. The number of nitrogens with two attached hydrogens (primary N) is 2. The topological polar surface area (TPSA) is 70.5 Å². The lowest BCUT2D eigenvalue weighted by atomic mass is 9.89. The highest BCUT2D eigenvalue weighted by atomic mass is 19.4. The first-order valence-corrected chi connectivity index (χ1v) is 14.0. The van der Waals surface area contributed by atoms with E-state index in [2.05, 4.69) is 0 Å². The highest BCUT2D eigenvalue weighted by Gasteiger charge is 2.34. The van der Waals surface area contributed by atoms with Gasteiger partial charge < -0.3 is 20.9 Å². The summed E-state index contributed by atoms with van der Waals surface area (Å²) in [4.78, 5) is 0. The van der Waals surface area contributed by atoms with Crippen molar-refractivity contribution < 1.29 is 49.0 Å². The van der Waals surface area contributed by atoms with Crippen LogP contribution in [0.2, 0.25) is 0 Å².